The van der Waals surface area contributed by atoms with Gasteiger partial charge >= 0.3 is 29.8 Å². The number of carbonyl (C=O) groups is 5. The van der Waals surface area contributed by atoms with E-state index in [-0.39, 0.29) is 75.4 Å². The number of methoxy groups -OCH3 is 2. The van der Waals surface area contributed by atoms with Crippen molar-refractivity contribution in [3.05, 3.63) is 121 Å². The molecule has 1 aliphatic heterocycles. The molecule has 2 aromatic carbocycles. The number of hydrogen-bond donors (Lipinski definition) is 7. The lowest BCUT2D eigenvalue weighted by atomic mass is 10.1. The summed E-state index contributed by atoms with van der Waals surface area (Å²) in [6, 6.07) is 13.3. The van der Waals surface area contributed by atoms with Gasteiger partial charge < -0.3 is 55.1 Å². The monoisotopic (exact) mass is 1460 g/mol. The van der Waals surface area contributed by atoms with Gasteiger partial charge in [0, 0.05) is 58.8 Å². The van der Waals surface area contributed by atoms with Crippen LogP contribution in [0.4, 0.5) is 41.5 Å². The second kappa shape index (κ2) is 36.4. The Morgan fingerprint density at radius 3 is 2.04 bits per heavy atom. The molecular weight excluding hydrogens is 1390 g/mol. The highest BCUT2D eigenvalue weighted by Crippen LogP contribution is 2.36. The first-order valence-corrected chi connectivity index (χ1v) is 33.0. The van der Waals surface area contributed by atoms with Crippen LogP contribution in [0.5, 0.6) is 17.5 Å². The number of nitrogens with two attached hydrogens (primary N) is 1. The van der Waals surface area contributed by atoms with Crippen molar-refractivity contribution in [3.63, 3.8) is 0 Å². The second-order valence-corrected chi connectivity index (χ2v) is 26.3. The van der Waals surface area contributed by atoms with E-state index in [9.17, 15) is 59.7 Å². The number of pyridine rings is 1. The molecule has 0 radical (unpaired) electrons. The zero-order valence-corrected chi connectivity index (χ0v) is 57.5. The van der Waals surface area contributed by atoms with E-state index in [0.717, 1.165) is 25.3 Å². The summed E-state index contributed by atoms with van der Waals surface area (Å²) in [5.41, 5.74) is 1.62. The zero-order valence-electron chi connectivity index (χ0n) is 52.8. The van der Waals surface area contributed by atoms with Crippen molar-refractivity contribution < 1.29 is 79.1 Å². The van der Waals surface area contributed by atoms with Crippen molar-refractivity contribution in [2.75, 3.05) is 75.1 Å². The minimum atomic E-state index is -4.86. The first-order valence-electron chi connectivity index (χ1n) is 27.6. The third-order valence-corrected chi connectivity index (χ3v) is 14.8. The number of aliphatic carboxylic acids is 1. The van der Waals surface area contributed by atoms with Gasteiger partial charge in [0.1, 0.15) is 24.1 Å². The maximum absolute atomic E-state index is 12.9. The highest BCUT2D eigenvalue weighted by atomic mass is 35.5. The van der Waals surface area contributed by atoms with Gasteiger partial charge in [-0.05, 0) is 102 Å². The highest BCUT2D eigenvalue weighted by Gasteiger charge is 2.36. The molecule has 0 saturated heterocycles. The summed E-state index contributed by atoms with van der Waals surface area (Å²) < 4.78 is 97.4. The van der Waals surface area contributed by atoms with Gasteiger partial charge in [-0.25, -0.2) is 28.7 Å². The average molecular weight is 1460 g/mol. The molecule has 0 saturated carbocycles. The average Bonchev–Trinajstić information content (AvgIpc) is 0.792. The Hall–Kier alpha value is -8.44. The molecule has 7 rings (SSSR count). The van der Waals surface area contributed by atoms with Crippen LogP contribution in [-0.2, 0) is 42.1 Å². The number of ether oxygens (including phenoxy) is 4. The number of para-hydroxylation sites is 2. The summed E-state index contributed by atoms with van der Waals surface area (Å²) in [5, 5.41) is 16.1. The number of benzene rings is 2. The minimum absolute atomic E-state index is 0.0104. The smallest absolute Gasteiger partial charge is 0.431 e. The normalized spacial score (nSPS) is 13.3. The second-order valence-electron chi connectivity index (χ2n) is 20.3. The molecule has 5 heterocycles. The quantitative estimate of drug-likeness (QED) is 0.0260. The maximum Gasteiger partial charge on any atom is 0.431 e. The SMILES string of the molecule is CC(C)OC(=O)c1cc(-n2c(=O)cc(C(F)(F)F)n(C)c2=O)ccc1Cl.CC1COc2ccccc2N1C(=O)C(Cl)Cl.CCNc1nc(Cl)nc(NC(C)C)n1.COc1cc(OC)nc(NC(=O)NS(=O)(=O)c2ncccc2C(=O)N(C)C)n1.CP(=O)(O)CCC(N)C(=O)O. The summed E-state index contributed by atoms with van der Waals surface area (Å²) in [6.45, 7) is 13.5. The number of carboxylic acid groups (broad SMARTS) is 1. The van der Waals surface area contributed by atoms with Gasteiger partial charge in [-0.2, -0.15) is 46.5 Å². The number of rotatable bonds is 18. The first-order chi connectivity index (χ1) is 44.2. The Kier molecular flexibility index (Phi) is 31.0. The molecular formula is C55H69Cl4F3N15O16PS. The van der Waals surface area contributed by atoms with Crippen LogP contribution >= 0.6 is 53.8 Å². The van der Waals surface area contributed by atoms with Crippen molar-refractivity contribution in [1.82, 2.24) is 48.7 Å². The van der Waals surface area contributed by atoms with E-state index in [2.05, 4.69) is 45.9 Å². The van der Waals surface area contributed by atoms with Crippen molar-refractivity contribution in [1.29, 1.82) is 0 Å². The van der Waals surface area contributed by atoms with Crippen LogP contribution in [0.15, 0.2) is 87.5 Å². The molecule has 4 aromatic heterocycles. The molecule has 0 fully saturated rings. The highest BCUT2D eigenvalue weighted by molar-refractivity contribution is 7.90. The summed E-state index contributed by atoms with van der Waals surface area (Å²) in [6.07, 6.45) is -4.11. The lowest BCUT2D eigenvalue weighted by Gasteiger charge is -2.35. The van der Waals surface area contributed by atoms with Crippen LogP contribution in [0.1, 0.15) is 74.4 Å². The fourth-order valence-electron chi connectivity index (χ4n) is 7.35. The standard InChI is InChI=1S/C16H14ClF3N2O4.C15H18N6O6S.C11H11Cl2NO2.C8H14ClN5.C5H12NO4P/c1-8(2)26-14(24)10-6-9(4-5-11(10)17)22-13(23)7-12(16(18,19)20)21(3)15(22)25;1-21(2)13(22)9-6-5-7-16-12(9)28(24,25)20-15(23)19-14-17-10(26-3)8-11(18-14)27-4;1-7-6-16-9-5-3-2-4-8(9)14(7)11(15)10(12)13;1-4-10-7-12-6(9)13-8(14-7)11-5(2)3;1-11(9,10)3-2-4(6)5(7)8/h4-8H,1-3H3;5-8H,1-4H3,(H2,17,18,19,20,23);2-5,7,10H,6H2,1H3;5H,4H2,1-3H3,(H2,10,11,12,13,14);4H,2-3,6H2,1H3,(H,7,8)(H,9,10). The van der Waals surface area contributed by atoms with Gasteiger partial charge in [0.2, 0.25) is 34.9 Å². The van der Waals surface area contributed by atoms with Gasteiger partial charge in [0.15, 0.2) is 17.2 Å². The van der Waals surface area contributed by atoms with E-state index in [1.807, 2.05) is 52.0 Å². The van der Waals surface area contributed by atoms with Crippen molar-refractivity contribution in [2.24, 2.45) is 12.8 Å². The number of halogens is 7. The molecule has 6 aromatic rings. The lowest BCUT2D eigenvalue weighted by Crippen LogP contribution is -2.47. The number of esters is 1. The van der Waals surface area contributed by atoms with Crippen LogP contribution in [0.25, 0.3) is 5.69 Å². The molecule has 0 spiro atoms. The van der Waals surface area contributed by atoms with Crippen LogP contribution < -0.4 is 56.8 Å². The molecule has 4 amide bonds. The van der Waals surface area contributed by atoms with Gasteiger partial charge in [-0.3, -0.25) is 33.6 Å². The topological polar surface area (TPSA) is 416 Å². The number of urea groups is 1. The Bertz CT molecular complexity index is 3940. The number of carboxylic acids is 1. The number of alkyl halides is 5. The van der Waals surface area contributed by atoms with Gasteiger partial charge in [-0.15, -0.1) is 0 Å². The number of hydrogen-bond acceptors (Lipinski definition) is 23. The third kappa shape index (κ3) is 25.3. The third-order valence-electron chi connectivity index (χ3n) is 11.6. The molecule has 31 nitrogen and oxygen atoms in total. The molecule has 95 heavy (non-hydrogen) atoms. The Morgan fingerprint density at radius 2 is 1.51 bits per heavy atom. The molecule has 8 N–H and O–H groups in total. The molecule has 3 unspecified atom stereocenters. The number of amides is 4. The summed E-state index contributed by atoms with van der Waals surface area (Å²) in [7, 11) is -1.06. The maximum atomic E-state index is 12.9. The largest absolute Gasteiger partial charge is 0.489 e. The van der Waals surface area contributed by atoms with Crippen molar-refractivity contribution in [3.8, 4) is 23.2 Å². The van der Waals surface area contributed by atoms with Gasteiger partial charge in [-0.1, -0.05) is 46.9 Å². The lowest BCUT2D eigenvalue weighted by molar-refractivity contribution is -0.144. The van der Waals surface area contributed by atoms with Gasteiger partial charge in [0.25, 0.3) is 27.4 Å². The summed E-state index contributed by atoms with van der Waals surface area (Å²) >= 11 is 22.9. The number of anilines is 4. The van der Waals surface area contributed by atoms with Crippen LogP contribution in [-0.4, -0.2) is 175 Å². The van der Waals surface area contributed by atoms with E-state index in [4.69, 9.17) is 81.1 Å². The number of sulfonamides is 1. The van der Waals surface area contributed by atoms with Gasteiger partial charge in [0.05, 0.1) is 60.0 Å². The molecule has 0 bridgehead atoms. The van der Waals surface area contributed by atoms with E-state index >= 15 is 0 Å². The van der Waals surface area contributed by atoms with Crippen LogP contribution in [0.2, 0.25) is 10.3 Å². The Morgan fingerprint density at radius 1 is 0.895 bits per heavy atom. The van der Waals surface area contributed by atoms with E-state index in [1.165, 1.54) is 76.4 Å². The summed E-state index contributed by atoms with van der Waals surface area (Å²) in [5.74, 6) is -1.23. The molecule has 520 valence electrons. The van der Waals surface area contributed by atoms with Crippen LogP contribution in [0.3, 0.4) is 0 Å². The molecule has 40 heteroatoms. The molecule has 3 atom stereocenters. The Balaban J connectivity index is 0.000000323. The molecule has 1 aliphatic rings. The number of aromatic nitrogens is 8. The number of fused-ring (bicyclic) bond motifs is 1. The van der Waals surface area contributed by atoms with E-state index in [1.54, 1.807) is 23.5 Å². The fourth-order valence-corrected chi connectivity index (χ4v) is 9.71. The number of carbonyl (C=O) groups excluding carboxylic acids is 4. The number of nitrogens with one attached hydrogen (secondary N) is 4. The van der Waals surface area contributed by atoms with Crippen molar-refractivity contribution >= 4 is 117 Å². The minimum Gasteiger partial charge on any atom is -0.489 e. The fraction of sp³-hybridized carbons (Fsp3) is 0.400. The predicted molar refractivity (Wildman–Crippen MR) is 348 cm³/mol. The van der Waals surface area contributed by atoms with Crippen LogP contribution in [0, 0.1) is 0 Å². The molecule has 0 aliphatic carbocycles. The predicted octanol–water partition coefficient (Wildman–Crippen LogP) is 6.94. The zero-order chi connectivity index (χ0) is 72.0. The Labute approximate surface area is 562 Å². The van der Waals surface area contributed by atoms with E-state index in [0.29, 0.717) is 39.5 Å². The van der Waals surface area contributed by atoms with E-state index < -0.39 is 86.4 Å². The van der Waals surface area contributed by atoms with Crippen molar-refractivity contribution in [2.45, 2.75) is 88.2 Å². The number of nitrogens with zero attached hydrogens (tertiary/aromatic N) is 10. The first kappa shape index (κ1) is 80.8. The summed E-state index contributed by atoms with van der Waals surface area (Å²) in [4.78, 5) is 117.